The van der Waals surface area contributed by atoms with E-state index in [9.17, 15) is 4.79 Å². The second-order valence-electron chi connectivity index (χ2n) is 2.60. The van der Waals surface area contributed by atoms with Gasteiger partial charge in [0.15, 0.2) is 0 Å². The topological polar surface area (TPSA) is 20.3 Å². The second-order valence-corrected chi connectivity index (χ2v) is 3.01. The van der Waals surface area contributed by atoms with Crippen LogP contribution < -0.4 is 4.90 Å². The van der Waals surface area contributed by atoms with Gasteiger partial charge in [-0.3, -0.25) is 4.79 Å². The number of halogens is 1. The van der Waals surface area contributed by atoms with E-state index in [4.69, 9.17) is 11.6 Å². The van der Waals surface area contributed by atoms with E-state index < -0.39 is 0 Å². The van der Waals surface area contributed by atoms with Crippen molar-refractivity contribution in [2.75, 3.05) is 11.9 Å². The lowest BCUT2D eigenvalue weighted by Crippen LogP contribution is -2.14. The van der Waals surface area contributed by atoms with E-state index in [1.807, 2.05) is 19.1 Å². The lowest BCUT2D eigenvalue weighted by atomic mass is 10.2. The smallest absolute Gasteiger partial charge is 0.213 e. The van der Waals surface area contributed by atoms with Crippen molar-refractivity contribution < 1.29 is 4.79 Å². The Morgan fingerprint density at radius 2 is 2.17 bits per heavy atom. The maximum Gasteiger partial charge on any atom is 0.213 e. The van der Waals surface area contributed by atoms with Crippen molar-refractivity contribution in [2.24, 2.45) is 0 Å². The summed E-state index contributed by atoms with van der Waals surface area (Å²) >= 11 is 5.87. The highest BCUT2D eigenvalue weighted by molar-refractivity contribution is 6.31. The van der Waals surface area contributed by atoms with Crippen LogP contribution in [-0.4, -0.2) is 13.5 Å². The maximum atomic E-state index is 10.5. The lowest BCUT2D eigenvalue weighted by molar-refractivity contribution is -0.107. The molecule has 0 unspecified atom stereocenters. The van der Waals surface area contributed by atoms with Gasteiger partial charge in [0.2, 0.25) is 6.41 Å². The van der Waals surface area contributed by atoms with E-state index in [2.05, 4.69) is 0 Å². The molecule has 1 rings (SSSR count). The largest absolute Gasteiger partial charge is 0.318 e. The Morgan fingerprint density at radius 3 is 2.75 bits per heavy atom. The average molecular weight is 184 g/mol. The Bertz CT molecular complexity index is 299. The maximum absolute atomic E-state index is 10.5. The summed E-state index contributed by atoms with van der Waals surface area (Å²) in [6.07, 6.45) is 0.763. The minimum absolute atomic E-state index is 0.682. The summed E-state index contributed by atoms with van der Waals surface area (Å²) in [5, 5.41) is 0.682. The molecule has 0 fully saturated rings. The fraction of sp³-hybridized carbons (Fsp3) is 0.222. The van der Waals surface area contributed by atoms with Gasteiger partial charge in [0.25, 0.3) is 0 Å². The SMILES string of the molecule is Cc1c(Cl)cccc1N(C)C=O. The number of hydrogen-bond acceptors (Lipinski definition) is 1. The first-order chi connectivity index (χ1) is 5.66. The third kappa shape index (κ3) is 1.59. The van der Waals surface area contributed by atoms with Gasteiger partial charge in [-0.15, -0.1) is 0 Å². The molecule has 12 heavy (non-hydrogen) atoms. The highest BCUT2D eigenvalue weighted by Crippen LogP contribution is 2.24. The fourth-order valence-corrected chi connectivity index (χ4v) is 1.20. The highest BCUT2D eigenvalue weighted by atomic mass is 35.5. The predicted octanol–water partition coefficient (Wildman–Crippen LogP) is 2.24. The Kier molecular flexibility index (Phi) is 2.71. The zero-order valence-electron chi connectivity index (χ0n) is 7.04. The molecule has 1 amide bonds. The molecule has 1 aromatic rings. The number of amides is 1. The third-order valence-electron chi connectivity index (χ3n) is 1.78. The number of nitrogens with zero attached hydrogens (tertiary/aromatic N) is 1. The highest BCUT2D eigenvalue weighted by Gasteiger charge is 2.04. The zero-order chi connectivity index (χ0) is 9.14. The molecule has 0 radical (unpaired) electrons. The van der Waals surface area contributed by atoms with Gasteiger partial charge in [0.1, 0.15) is 0 Å². The van der Waals surface area contributed by atoms with Crippen molar-refractivity contribution in [3.8, 4) is 0 Å². The van der Waals surface area contributed by atoms with Crippen LogP contribution in [0.15, 0.2) is 18.2 Å². The van der Waals surface area contributed by atoms with Crippen LogP contribution in [0.3, 0.4) is 0 Å². The summed E-state index contributed by atoms with van der Waals surface area (Å²) in [4.78, 5) is 12.0. The Labute approximate surface area is 76.8 Å². The minimum Gasteiger partial charge on any atom is -0.318 e. The molecular formula is C9H10ClNO. The molecule has 0 aliphatic carbocycles. The number of rotatable bonds is 2. The number of carbonyl (C=O) groups is 1. The summed E-state index contributed by atoms with van der Waals surface area (Å²) in [6, 6.07) is 5.49. The summed E-state index contributed by atoms with van der Waals surface area (Å²) in [6.45, 7) is 1.89. The van der Waals surface area contributed by atoms with Crippen LogP contribution in [0.5, 0.6) is 0 Å². The average Bonchev–Trinajstić information content (AvgIpc) is 2.08. The van der Waals surface area contributed by atoms with Crippen LogP contribution in [0.1, 0.15) is 5.56 Å². The van der Waals surface area contributed by atoms with Crippen molar-refractivity contribution in [2.45, 2.75) is 6.92 Å². The van der Waals surface area contributed by atoms with Crippen molar-refractivity contribution in [3.63, 3.8) is 0 Å². The van der Waals surface area contributed by atoms with E-state index in [1.54, 1.807) is 13.1 Å². The molecular weight excluding hydrogens is 174 g/mol. The number of hydrogen-bond donors (Lipinski definition) is 0. The first-order valence-electron chi connectivity index (χ1n) is 3.60. The van der Waals surface area contributed by atoms with Crippen LogP contribution in [0.25, 0.3) is 0 Å². The van der Waals surface area contributed by atoms with Crippen molar-refractivity contribution in [3.05, 3.63) is 28.8 Å². The molecule has 2 nitrogen and oxygen atoms in total. The van der Waals surface area contributed by atoms with E-state index in [1.165, 1.54) is 4.90 Å². The van der Waals surface area contributed by atoms with Crippen molar-refractivity contribution in [1.82, 2.24) is 0 Å². The monoisotopic (exact) mass is 183 g/mol. The molecule has 3 heteroatoms. The van der Waals surface area contributed by atoms with E-state index >= 15 is 0 Å². The van der Waals surface area contributed by atoms with Crippen LogP contribution >= 0.6 is 11.6 Å². The quantitative estimate of drug-likeness (QED) is 0.644. The standard InChI is InChI=1S/C9H10ClNO/c1-7-8(10)4-3-5-9(7)11(2)6-12/h3-6H,1-2H3. The van der Waals surface area contributed by atoms with Crippen LogP contribution in [0.4, 0.5) is 5.69 Å². The molecule has 0 atom stereocenters. The van der Waals surface area contributed by atoms with Crippen molar-refractivity contribution in [1.29, 1.82) is 0 Å². The molecule has 0 N–H and O–H groups in total. The summed E-state index contributed by atoms with van der Waals surface area (Å²) in [5.41, 5.74) is 1.77. The van der Waals surface area contributed by atoms with Crippen molar-refractivity contribution >= 4 is 23.7 Å². The number of carbonyl (C=O) groups excluding carboxylic acids is 1. The van der Waals surface area contributed by atoms with Gasteiger partial charge in [-0.2, -0.15) is 0 Å². The first kappa shape index (κ1) is 9.07. The van der Waals surface area contributed by atoms with Gasteiger partial charge in [-0.25, -0.2) is 0 Å². The van der Waals surface area contributed by atoms with Crippen LogP contribution in [0, 0.1) is 6.92 Å². The second kappa shape index (κ2) is 3.59. The van der Waals surface area contributed by atoms with Gasteiger partial charge in [0, 0.05) is 17.8 Å². The predicted molar refractivity (Wildman–Crippen MR) is 50.7 cm³/mol. The van der Waals surface area contributed by atoms with Crippen LogP contribution in [-0.2, 0) is 4.79 Å². The molecule has 64 valence electrons. The summed E-state index contributed by atoms with van der Waals surface area (Å²) in [7, 11) is 1.70. The summed E-state index contributed by atoms with van der Waals surface area (Å²) in [5.74, 6) is 0. The molecule has 0 aliphatic rings. The molecule has 0 aliphatic heterocycles. The fourth-order valence-electron chi connectivity index (χ4n) is 1.03. The third-order valence-corrected chi connectivity index (χ3v) is 2.19. The number of anilines is 1. The minimum atomic E-state index is 0.682. The molecule has 1 aromatic carbocycles. The van der Waals surface area contributed by atoms with Gasteiger partial charge < -0.3 is 4.90 Å². The first-order valence-corrected chi connectivity index (χ1v) is 3.98. The Balaban J connectivity index is 3.15. The van der Waals surface area contributed by atoms with Gasteiger partial charge in [-0.1, -0.05) is 17.7 Å². The molecule has 0 heterocycles. The summed E-state index contributed by atoms with van der Waals surface area (Å²) < 4.78 is 0. The molecule has 0 aromatic heterocycles. The van der Waals surface area contributed by atoms with Gasteiger partial charge in [-0.05, 0) is 24.6 Å². The molecule has 0 saturated carbocycles. The van der Waals surface area contributed by atoms with E-state index in [0.717, 1.165) is 17.7 Å². The Hall–Kier alpha value is -1.02. The van der Waals surface area contributed by atoms with E-state index in [0.29, 0.717) is 5.02 Å². The van der Waals surface area contributed by atoms with Gasteiger partial charge >= 0.3 is 0 Å². The van der Waals surface area contributed by atoms with E-state index in [-0.39, 0.29) is 0 Å². The normalized spacial score (nSPS) is 9.58. The van der Waals surface area contributed by atoms with Gasteiger partial charge in [0.05, 0.1) is 0 Å². The zero-order valence-corrected chi connectivity index (χ0v) is 7.80. The molecule has 0 spiro atoms. The van der Waals surface area contributed by atoms with Crippen LogP contribution in [0.2, 0.25) is 5.02 Å². The molecule has 0 saturated heterocycles. The lowest BCUT2D eigenvalue weighted by Gasteiger charge is -2.14. The Morgan fingerprint density at radius 1 is 1.50 bits per heavy atom. The number of benzene rings is 1. The molecule has 0 bridgehead atoms.